The Labute approximate surface area is 148 Å². The standard InChI is InChI=1S/C20H20N2O2S/c1-16-11-17(2)13-19(12-16)22(15-18-7-6-10-21-14-18)25(23,24)20-8-4-3-5-9-20/h3-14H,15H2,1-2H3. The summed E-state index contributed by atoms with van der Waals surface area (Å²) in [7, 11) is -3.68. The number of rotatable bonds is 5. The summed E-state index contributed by atoms with van der Waals surface area (Å²) >= 11 is 0. The number of sulfonamides is 1. The molecule has 0 radical (unpaired) electrons. The molecule has 4 nitrogen and oxygen atoms in total. The SMILES string of the molecule is Cc1cc(C)cc(N(Cc2cccnc2)S(=O)(=O)c2ccccc2)c1. The van der Waals surface area contributed by atoms with E-state index in [9.17, 15) is 8.42 Å². The fraction of sp³-hybridized carbons (Fsp3) is 0.150. The van der Waals surface area contributed by atoms with Crippen LogP contribution in [0.1, 0.15) is 16.7 Å². The van der Waals surface area contributed by atoms with Crippen molar-refractivity contribution in [3.8, 4) is 0 Å². The van der Waals surface area contributed by atoms with Gasteiger partial charge in [-0.2, -0.15) is 0 Å². The molecule has 0 saturated heterocycles. The highest BCUT2D eigenvalue weighted by Crippen LogP contribution is 2.27. The zero-order valence-corrected chi connectivity index (χ0v) is 15.1. The van der Waals surface area contributed by atoms with Gasteiger partial charge in [0.25, 0.3) is 10.0 Å². The van der Waals surface area contributed by atoms with Crippen LogP contribution in [0.4, 0.5) is 5.69 Å². The molecule has 5 heteroatoms. The van der Waals surface area contributed by atoms with E-state index in [4.69, 9.17) is 0 Å². The van der Waals surface area contributed by atoms with Crippen molar-refractivity contribution in [2.24, 2.45) is 0 Å². The van der Waals surface area contributed by atoms with E-state index in [0.717, 1.165) is 16.7 Å². The lowest BCUT2D eigenvalue weighted by Crippen LogP contribution is -2.30. The van der Waals surface area contributed by atoms with Gasteiger partial charge >= 0.3 is 0 Å². The first-order valence-corrected chi connectivity index (χ1v) is 9.46. The van der Waals surface area contributed by atoms with Crippen LogP contribution in [0.5, 0.6) is 0 Å². The lowest BCUT2D eigenvalue weighted by Gasteiger charge is -2.25. The molecule has 0 aliphatic carbocycles. The second-order valence-corrected chi connectivity index (χ2v) is 7.89. The minimum Gasteiger partial charge on any atom is -0.264 e. The molecular formula is C20H20N2O2S. The lowest BCUT2D eigenvalue weighted by molar-refractivity contribution is 0.590. The van der Waals surface area contributed by atoms with Crippen molar-refractivity contribution in [1.29, 1.82) is 0 Å². The molecule has 0 aliphatic rings. The molecule has 0 amide bonds. The van der Waals surface area contributed by atoms with E-state index in [0.29, 0.717) is 5.69 Å². The maximum absolute atomic E-state index is 13.3. The van der Waals surface area contributed by atoms with E-state index < -0.39 is 10.0 Å². The third kappa shape index (κ3) is 3.88. The summed E-state index contributed by atoms with van der Waals surface area (Å²) < 4.78 is 28.0. The number of hydrogen-bond donors (Lipinski definition) is 0. The molecule has 0 aliphatic heterocycles. The molecule has 1 aromatic heterocycles. The summed E-state index contributed by atoms with van der Waals surface area (Å²) in [5.74, 6) is 0. The molecule has 128 valence electrons. The molecule has 2 aromatic carbocycles. The smallest absolute Gasteiger partial charge is 0.264 e. The van der Waals surface area contributed by atoms with Gasteiger partial charge in [-0.05, 0) is 60.9 Å². The van der Waals surface area contributed by atoms with Gasteiger partial charge in [-0.3, -0.25) is 9.29 Å². The molecule has 0 unspecified atom stereocenters. The molecule has 3 rings (SSSR count). The summed E-state index contributed by atoms with van der Waals surface area (Å²) in [6.45, 7) is 4.16. The average molecular weight is 352 g/mol. The quantitative estimate of drug-likeness (QED) is 0.695. The van der Waals surface area contributed by atoms with Crippen molar-refractivity contribution in [1.82, 2.24) is 4.98 Å². The predicted molar refractivity (Wildman–Crippen MR) is 100.0 cm³/mol. The van der Waals surface area contributed by atoms with Crippen molar-refractivity contribution in [3.63, 3.8) is 0 Å². The van der Waals surface area contributed by atoms with Crippen LogP contribution in [0.15, 0.2) is 78.0 Å². The Bertz CT molecular complexity index is 935. The van der Waals surface area contributed by atoms with Crippen LogP contribution in [0, 0.1) is 13.8 Å². The highest BCUT2D eigenvalue weighted by atomic mass is 32.2. The van der Waals surface area contributed by atoms with E-state index >= 15 is 0 Å². The first-order chi connectivity index (χ1) is 12.0. The molecule has 0 bridgehead atoms. The normalized spacial score (nSPS) is 11.3. The lowest BCUT2D eigenvalue weighted by atomic mass is 10.1. The summed E-state index contributed by atoms with van der Waals surface area (Å²) in [6, 6.07) is 18.0. The highest BCUT2D eigenvalue weighted by molar-refractivity contribution is 7.92. The zero-order valence-electron chi connectivity index (χ0n) is 14.3. The van der Waals surface area contributed by atoms with Gasteiger partial charge in [0.05, 0.1) is 17.1 Å². The Morgan fingerprint density at radius 2 is 1.60 bits per heavy atom. The Hall–Kier alpha value is -2.66. The van der Waals surface area contributed by atoms with Crippen molar-refractivity contribution in [2.45, 2.75) is 25.3 Å². The van der Waals surface area contributed by atoms with Crippen LogP contribution in [0.2, 0.25) is 0 Å². The number of aryl methyl sites for hydroxylation is 2. The van der Waals surface area contributed by atoms with E-state index in [1.807, 2.05) is 44.2 Å². The third-order valence-electron chi connectivity index (χ3n) is 3.87. The van der Waals surface area contributed by atoms with Gasteiger partial charge in [-0.15, -0.1) is 0 Å². The van der Waals surface area contributed by atoms with Crippen LogP contribution in [-0.4, -0.2) is 13.4 Å². The number of benzene rings is 2. The fourth-order valence-electron chi connectivity index (χ4n) is 2.79. The number of anilines is 1. The molecule has 0 spiro atoms. The summed E-state index contributed by atoms with van der Waals surface area (Å²) in [6.07, 6.45) is 3.37. The number of hydrogen-bond acceptors (Lipinski definition) is 3. The molecular weight excluding hydrogens is 332 g/mol. The highest BCUT2D eigenvalue weighted by Gasteiger charge is 2.25. The van der Waals surface area contributed by atoms with Gasteiger partial charge < -0.3 is 0 Å². The van der Waals surface area contributed by atoms with Crippen LogP contribution in [-0.2, 0) is 16.6 Å². The summed E-state index contributed by atoms with van der Waals surface area (Å²) in [5, 5.41) is 0. The Morgan fingerprint density at radius 1 is 0.920 bits per heavy atom. The first kappa shape index (κ1) is 17.2. The predicted octanol–water partition coefficient (Wildman–Crippen LogP) is 4.09. The largest absolute Gasteiger partial charge is 0.264 e. The molecule has 0 N–H and O–H groups in total. The number of aromatic nitrogens is 1. The van der Waals surface area contributed by atoms with Gasteiger partial charge in [0.1, 0.15) is 0 Å². The monoisotopic (exact) mass is 352 g/mol. The molecule has 1 heterocycles. The van der Waals surface area contributed by atoms with Gasteiger partial charge in [-0.1, -0.05) is 30.3 Å². The number of pyridine rings is 1. The van der Waals surface area contributed by atoms with Crippen molar-refractivity contribution in [2.75, 3.05) is 4.31 Å². The molecule has 25 heavy (non-hydrogen) atoms. The van der Waals surface area contributed by atoms with Crippen molar-refractivity contribution < 1.29 is 8.42 Å². The average Bonchev–Trinajstić information content (AvgIpc) is 2.60. The maximum Gasteiger partial charge on any atom is 0.264 e. The van der Waals surface area contributed by atoms with E-state index in [1.165, 1.54) is 4.31 Å². The van der Waals surface area contributed by atoms with Gasteiger partial charge in [0, 0.05) is 12.4 Å². The maximum atomic E-state index is 13.3. The fourth-order valence-corrected chi connectivity index (χ4v) is 4.24. The van der Waals surface area contributed by atoms with E-state index in [1.54, 1.807) is 42.7 Å². The number of nitrogens with zero attached hydrogens (tertiary/aromatic N) is 2. The molecule has 0 saturated carbocycles. The van der Waals surface area contributed by atoms with E-state index in [-0.39, 0.29) is 11.4 Å². The Morgan fingerprint density at radius 3 is 2.20 bits per heavy atom. The third-order valence-corrected chi connectivity index (χ3v) is 5.66. The van der Waals surface area contributed by atoms with Crippen LogP contribution >= 0.6 is 0 Å². The van der Waals surface area contributed by atoms with Gasteiger partial charge in [0.2, 0.25) is 0 Å². The van der Waals surface area contributed by atoms with E-state index in [2.05, 4.69) is 4.98 Å². The van der Waals surface area contributed by atoms with Crippen LogP contribution in [0.3, 0.4) is 0 Å². The second kappa shape index (κ2) is 7.07. The second-order valence-electron chi connectivity index (χ2n) is 6.03. The van der Waals surface area contributed by atoms with Gasteiger partial charge in [0.15, 0.2) is 0 Å². The van der Waals surface area contributed by atoms with Crippen LogP contribution < -0.4 is 4.31 Å². The van der Waals surface area contributed by atoms with Gasteiger partial charge in [-0.25, -0.2) is 8.42 Å². The molecule has 3 aromatic rings. The van der Waals surface area contributed by atoms with Crippen molar-refractivity contribution >= 4 is 15.7 Å². The topological polar surface area (TPSA) is 50.3 Å². The molecule has 0 fully saturated rings. The Kier molecular flexibility index (Phi) is 4.86. The summed E-state index contributed by atoms with van der Waals surface area (Å²) in [5.41, 5.74) is 3.54. The first-order valence-electron chi connectivity index (χ1n) is 8.02. The Balaban J connectivity index is 2.12. The minimum atomic E-state index is -3.68. The van der Waals surface area contributed by atoms with Crippen LogP contribution in [0.25, 0.3) is 0 Å². The van der Waals surface area contributed by atoms with Crippen molar-refractivity contribution in [3.05, 3.63) is 89.7 Å². The molecule has 0 atom stereocenters. The zero-order chi connectivity index (χ0) is 17.9. The summed E-state index contributed by atoms with van der Waals surface area (Å²) in [4.78, 5) is 4.38. The minimum absolute atomic E-state index is 0.230.